The summed E-state index contributed by atoms with van der Waals surface area (Å²) in [5, 5.41) is 0. The fraction of sp³-hybridized carbons (Fsp3) is 0.550. The fourth-order valence-corrected chi connectivity index (χ4v) is 6.26. The van der Waals surface area contributed by atoms with Crippen molar-refractivity contribution in [1.29, 1.82) is 0 Å². The highest BCUT2D eigenvalue weighted by Crippen LogP contribution is 2.30. The Morgan fingerprint density at radius 3 is 1.98 bits per heavy atom. The van der Waals surface area contributed by atoms with Crippen LogP contribution in [0.15, 0.2) is 78.9 Å². The van der Waals surface area contributed by atoms with Crippen LogP contribution in [-0.2, 0) is 15.9 Å². The first-order chi connectivity index (χ1) is 21.5. The van der Waals surface area contributed by atoms with Gasteiger partial charge >= 0.3 is 0 Å². The van der Waals surface area contributed by atoms with Gasteiger partial charge in [0.15, 0.2) is 12.6 Å². The van der Waals surface area contributed by atoms with Crippen LogP contribution in [0.1, 0.15) is 120 Å². The molecular weight excluding hydrogens is 544 g/mol. The largest absolute Gasteiger partial charge is 0.465 e. The molecule has 44 heavy (non-hydrogen) atoms. The molecule has 0 saturated heterocycles. The number of hydrogen-bond donors (Lipinski definition) is 0. The van der Waals surface area contributed by atoms with E-state index in [9.17, 15) is 0 Å². The van der Waals surface area contributed by atoms with Gasteiger partial charge in [-0.05, 0) is 97.7 Å². The lowest BCUT2D eigenvalue weighted by Crippen LogP contribution is -2.23. The summed E-state index contributed by atoms with van der Waals surface area (Å²) in [6, 6.07) is 27.6. The van der Waals surface area contributed by atoms with E-state index >= 15 is 0 Å². The second-order valence-corrected chi connectivity index (χ2v) is 12.6. The number of benzene rings is 3. The van der Waals surface area contributed by atoms with E-state index in [2.05, 4.69) is 99.6 Å². The van der Waals surface area contributed by atoms with Crippen molar-refractivity contribution in [3.8, 4) is 11.5 Å². The van der Waals surface area contributed by atoms with Gasteiger partial charge < -0.3 is 18.9 Å². The zero-order valence-corrected chi connectivity index (χ0v) is 27.7. The van der Waals surface area contributed by atoms with Crippen LogP contribution in [0.4, 0.5) is 0 Å². The van der Waals surface area contributed by atoms with Crippen LogP contribution in [0.2, 0.25) is 0 Å². The Morgan fingerprint density at radius 2 is 1.32 bits per heavy atom. The first kappa shape index (κ1) is 34.1. The molecule has 0 N–H and O–H groups in total. The highest BCUT2D eigenvalue weighted by atomic mass is 16.7. The summed E-state index contributed by atoms with van der Waals surface area (Å²) in [7, 11) is 0. The van der Waals surface area contributed by atoms with Crippen LogP contribution in [0.3, 0.4) is 0 Å². The summed E-state index contributed by atoms with van der Waals surface area (Å²) in [5.41, 5.74) is 3.95. The maximum atomic E-state index is 6.43. The zero-order valence-electron chi connectivity index (χ0n) is 27.7. The van der Waals surface area contributed by atoms with Gasteiger partial charge in [-0.25, -0.2) is 0 Å². The molecule has 1 fully saturated rings. The van der Waals surface area contributed by atoms with Crippen molar-refractivity contribution in [2.24, 2.45) is 5.92 Å². The maximum absolute atomic E-state index is 6.43. The molecule has 1 saturated carbocycles. The van der Waals surface area contributed by atoms with Crippen molar-refractivity contribution in [3.63, 3.8) is 0 Å². The first-order valence-corrected chi connectivity index (χ1v) is 17.3. The lowest BCUT2D eigenvalue weighted by molar-refractivity contribution is -0.0851. The van der Waals surface area contributed by atoms with Crippen LogP contribution in [-0.4, -0.2) is 25.8 Å². The van der Waals surface area contributed by atoms with Gasteiger partial charge in [-0.2, -0.15) is 0 Å². The van der Waals surface area contributed by atoms with Crippen molar-refractivity contribution in [1.82, 2.24) is 0 Å². The maximum Gasteiger partial charge on any atom is 0.199 e. The molecule has 0 spiro atoms. The summed E-state index contributed by atoms with van der Waals surface area (Å²) >= 11 is 0. The monoisotopic (exact) mass is 600 g/mol. The van der Waals surface area contributed by atoms with Crippen molar-refractivity contribution >= 4 is 0 Å². The normalized spacial score (nSPS) is 16.6. The minimum atomic E-state index is -0.295. The number of rotatable bonds is 19. The smallest absolute Gasteiger partial charge is 0.199 e. The van der Waals surface area contributed by atoms with Crippen molar-refractivity contribution in [2.45, 2.75) is 123 Å². The highest BCUT2D eigenvalue weighted by molar-refractivity contribution is 5.30. The summed E-state index contributed by atoms with van der Waals surface area (Å²) in [5.74, 6) is 3.53. The van der Waals surface area contributed by atoms with E-state index in [0.717, 1.165) is 62.5 Å². The molecule has 4 heteroatoms. The molecule has 0 aromatic heterocycles. The molecule has 1 aliphatic rings. The third kappa shape index (κ3) is 11.6. The van der Waals surface area contributed by atoms with Crippen LogP contribution in [0.25, 0.3) is 0 Å². The van der Waals surface area contributed by atoms with Crippen molar-refractivity contribution < 1.29 is 18.9 Å². The molecule has 4 nitrogen and oxygen atoms in total. The van der Waals surface area contributed by atoms with Crippen molar-refractivity contribution in [2.75, 3.05) is 13.2 Å². The van der Waals surface area contributed by atoms with E-state index in [1.807, 2.05) is 6.92 Å². The second kappa shape index (κ2) is 18.9. The Bertz CT molecular complexity index is 1150. The Hall–Kier alpha value is -2.82. The Balaban J connectivity index is 1.29. The van der Waals surface area contributed by atoms with Gasteiger partial charge in [-0.15, -0.1) is 0 Å². The Kier molecular flexibility index (Phi) is 14.6. The molecule has 0 radical (unpaired) electrons. The molecule has 4 unspecified atom stereocenters. The SMILES string of the molecule is CCC(C)c1ccc(OC(CCC(CC)c2ccc(OC(C)OCCC3CCCCC3)cc2)OCCc2ccccc2)cc1. The van der Waals surface area contributed by atoms with E-state index in [1.54, 1.807) is 0 Å². The van der Waals surface area contributed by atoms with Gasteiger partial charge in [-0.1, -0.05) is 107 Å². The van der Waals surface area contributed by atoms with Gasteiger partial charge in [0.2, 0.25) is 0 Å². The van der Waals surface area contributed by atoms with E-state index in [-0.39, 0.29) is 12.6 Å². The average Bonchev–Trinajstić information content (AvgIpc) is 3.06. The standard InChI is InChI=1S/C40H56O4/c1-5-31(3)36-17-22-39(23-18-36)44-40(42-30-28-34-15-11-8-12-16-34)26-21-35(6-2)37-19-24-38(25-20-37)43-32(4)41-29-27-33-13-9-7-10-14-33/h8,11-12,15-20,22-25,31-33,35,40H,5-7,9-10,13-14,21,26-30H2,1-4H3. The van der Waals surface area contributed by atoms with E-state index in [0.29, 0.717) is 18.4 Å². The van der Waals surface area contributed by atoms with Crippen LogP contribution in [0.5, 0.6) is 11.5 Å². The third-order valence-corrected chi connectivity index (χ3v) is 9.37. The molecule has 0 aliphatic heterocycles. The van der Waals surface area contributed by atoms with E-state index in [1.165, 1.54) is 48.8 Å². The molecule has 0 bridgehead atoms. The quantitative estimate of drug-likeness (QED) is 0.128. The summed E-state index contributed by atoms with van der Waals surface area (Å²) in [6.45, 7) is 10.2. The van der Waals surface area contributed by atoms with Gasteiger partial charge in [-0.3, -0.25) is 0 Å². The fourth-order valence-electron chi connectivity index (χ4n) is 6.26. The molecule has 1 aliphatic carbocycles. The van der Waals surface area contributed by atoms with Gasteiger partial charge in [0, 0.05) is 6.42 Å². The Morgan fingerprint density at radius 1 is 0.659 bits per heavy atom. The molecule has 4 atom stereocenters. The molecular formula is C40H56O4. The first-order valence-electron chi connectivity index (χ1n) is 17.3. The molecule has 4 rings (SSSR count). The van der Waals surface area contributed by atoms with E-state index < -0.39 is 0 Å². The molecule has 0 amide bonds. The predicted molar refractivity (Wildman–Crippen MR) is 182 cm³/mol. The summed E-state index contributed by atoms with van der Waals surface area (Å²) in [4.78, 5) is 0. The zero-order chi connectivity index (χ0) is 31.0. The molecule has 3 aromatic carbocycles. The lowest BCUT2D eigenvalue weighted by Gasteiger charge is -2.23. The molecule has 0 heterocycles. The minimum absolute atomic E-state index is 0.239. The topological polar surface area (TPSA) is 36.9 Å². The van der Waals surface area contributed by atoms with Crippen molar-refractivity contribution in [3.05, 3.63) is 95.6 Å². The second-order valence-electron chi connectivity index (χ2n) is 12.6. The van der Waals surface area contributed by atoms with Gasteiger partial charge in [0.25, 0.3) is 0 Å². The van der Waals surface area contributed by atoms with Crippen LogP contribution < -0.4 is 9.47 Å². The van der Waals surface area contributed by atoms with Crippen LogP contribution in [0, 0.1) is 5.92 Å². The molecule has 3 aromatic rings. The highest BCUT2D eigenvalue weighted by Gasteiger charge is 2.18. The Labute approximate surface area is 267 Å². The third-order valence-electron chi connectivity index (χ3n) is 9.37. The molecule has 240 valence electrons. The minimum Gasteiger partial charge on any atom is -0.465 e. The number of hydrogen-bond acceptors (Lipinski definition) is 4. The lowest BCUT2D eigenvalue weighted by atomic mass is 9.87. The van der Waals surface area contributed by atoms with Crippen LogP contribution >= 0.6 is 0 Å². The van der Waals surface area contributed by atoms with Gasteiger partial charge in [0.05, 0.1) is 13.2 Å². The summed E-state index contributed by atoms with van der Waals surface area (Å²) < 4.78 is 24.9. The average molecular weight is 601 g/mol. The number of ether oxygens (including phenoxy) is 4. The van der Waals surface area contributed by atoms with E-state index in [4.69, 9.17) is 18.9 Å². The summed E-state index contributed by atoms with van der Waals surface area (Å²) in [6.07, 6.45) is 12.3. The predicted octanol–water partition coefficient (Wildman–Crippen LogP) is 10.9. The van der Waals surface area contributed by atoms with Gasteiger partial charge in [0.1, 0.15) is 11.5 Å².